The van der Waals surface area contributed by atoms with Crippen LogP contribution in [-0.2, 0) is 15.6 Å². The van der Waals surface area contributed by atoms with Crippen LogP contribution in [-0.4, -0.2) is 20.1 Å². The van der Waals surface area contributed by atoms with Gasteiger partial charge in [-0.2, -0.15) is 0 Å². The van der Waals surface area contributed by atoms with Crippen LogP contribution >= 0.6 is 0 Å². The molecule has 0 radical (unpaired) electrons. The summed E-state index contributed by atoms with van der Waals surface area (Å²) in [6.07, 6.45) is 0. The second-order valence-corrected chi connectivity index (χ2v) is 8.10. The third kappa shape index (κ3) is 4.41. The van der Waals surface area contributed by atoms with Crippen molar-refractivity contribution in [3.05, 3.63) is 65.5 Å². The number of aliphatic hydroxyl groups is 1. The summed E-state index contributed by atoms with van der Waals surface area (Å²) in [6.45, 7) is 5.32. The molecule has 0 bridgehead atoms. The topological polar surface area (TPSA) is 66.4 Å². The molecule has 2 aromatic carbocycles. The van der Waals surface area contributed by atoms with Crippen LogP contribution in [0.4, 0.5) is 4.39 Å². The van der Waals surface area contributed by atoms with Crippen molar-refractivity contribution in [3.8, 4) is 0 Å². The van der Waals surface area contributed by atoms with Gasteiger partial charge in [0.25, 0.3) is 0 Å². The number of benzene rings is 2. The molecule has 0 spiro atoms. The Morgan fingerprint density at radius 3 is 2.12 bits per heavy atom. The van der Waals surface area contributed by atoms with Gasteiger partial charge < -0.3 is 5.11 Å². The zero-order valence-electron chi connectivity index (χ0n) is 14.0. The minimum absolute atomic E-state index is 0.141. The highest BCUT2D eigenvalue weighted by molar-refractivity contribution is 7.89. The van der Waals surface area contributed by atoms with Gasteiger partial charge in [0.2, 0.25) is 10.0 Å². The van der Waals surface area contributed by atoms with Gasteiger partial charge in [-0.25, -0.2) is 17.5 Å². The van der Waals surface area contributed by atoms with Gasteiger partial charge in [0, 0.05) is 6.54 Å². The van der Waals surface area contributed by atoms with Crippen molar-refractivity contribution in [2.24, 2.45) is 0 Å². The van der Waals surface area contributed by atoms with Gasteiger partial charge in [0.05, 0.1) is 4.90 Å². The molecule has 130 valence electrons. The van der Waals surface area contributed by atoms with E-state index < -0.39 is 21.4 Å². The second kappa shape index (κ2) is 7.01. The van der Waals surface area contributed by atoms with Crippen molar-refractivity contribution < 1.29 is 17.9 Å². The van der Waals surface area contributed by atoms with Crippen LogP contribution in [0.15, 0.2) is 53.4 Å². The average Bonchev–Trinajstić information content (AvgIpc) is 2.54. The summed E-state index contributed by atoms with van der Waals surface area (Å²) < 4.78 is 40.1. The van der Waals surface area contributed by atoms with E-state index in [1.165, 1.54) is 31.2 Å². The molecule has 0 saturated carbocycles. The van der Waals surface area contributed by atoms with Gasteiger partial charge >= 0.3 is 0 Å². The Labute approximate surface area is 142 Å². The summed E-state index contributed by atoms with van der Waals surface area (Å²) in [7, 11) is -3.74. The first kappa shape index (κ1) is 18.6. The Hall–Kier alpha value is -1.76. The van der Waals surface area contributed by atoms with Crippen LogP contribution in [0, 0.1) is 5.82 Å². The molecule has 2 aromatic rings. The summed E-state index contributed by atoms with van der Waals surface area (Å²) in [6, 6.07) is 12.0. The van der Waals surface area contributed by atoms with Crippen LogP contribution in [0.25, 0.3) is 0 Å². The predicted molar refractivity (Wildman–Crippen MR) is 91.7 cm³/mol. The first-order valence-electron chi connectivity index (χ1n) is 7.70. The lowest BCUT2D eigenvalue weighted by atomic mass is 9.96. The standard InChI is InChI=1S/C18H22FNO3S/c1-13(2)14-4-10-17(11-5-14)24(22,23)20-12-18(3,21)15-6-8-16(19)9-7-15/h4-11,13,20-21H,12H2,1-3H3. The molecular formula is C18H22FNO3S. The molecule has 2 rings (SSSR count). The Morgan fingerprint density at radius 1 is 1.08 bits per heavy atom. The number of sulfonamides is 1. The van der Waals surface area contributed by atoms with Gasteiger partial charge in [-0.1, -0.05) is 38.1 Å². The molecule has 0 aromatic heterocycles. The molecule has 24 heavy (non-hydrogen) atoms. The van der Waals surface area contributed by atoms with Crippen molar-refractivity contribution >= 4 is 10.0 Å². The highest BCUT2D eigenvalue weighted by atomic mass is 32.2. The molecule has 2 N–H and O–H groups in total. The van der Waals surface area contributed by atoms with E-state index in [1.54, 1.807) is 24.3 Å². The summed E-state index contributed by atoms with van der Waals surface area (Å²) in [5, 5.41) is 10.5. The molecule has 0 amide bonds. The lowest BCUT2D eigenvalue weighted by Crippen LogP contribution is -2.38. The summed E-state index contributed by atoms with van der Waals surface area (Å²) in [5.41, 5.74) is 0.0348. The van der Waals surface area contributed by atoms with Crippen LogP contribution in [0.5, 0.6) is 0 Å². The van der Waals surface area contributed by atoms with Crippen LogP contribution in [0.1, 0.15) is 37.8 Å². The monoisotopic (exact) mass is 351 g/mol. The minimum Gasteiger partial charge on any atom is -0.384 e. The highest BCUT2D eigenvalue weighted by Crippen LogP contribution is 2.22. The molecule has 0 saturated heterocycles. The van der Waals surface area contributed by atoms with E-state index in [0.29, 0.717) is 11.5 Å². The smallest absolute Gasteiger partial charge is 0.240 e. The maximum Gasteiger partial charge on any atom is 0.240 e. The van der Waals surface area contributed by atoms with E-state index in [4.69, 9.17) is 0 Å². The van der Waals surface area contributed by atoms with E-state index in [0.717, 1.165) is 5.56 Å². The molecule has 1 atom stereocenters. The zero-order chi connectivity index (χ0) is 18.0. The Balaban J connectivity index is 2.12. The Kier molecular flexibility index (Phi) is 5.42. The largest absolute Gasteiger partial charge is 0.384 e. The zero-order valence-corrected chi connectivity index (χ0v) is 14.8. The number of hydrogen-bond acceptors (Lipinski definition) is 3. The van der Waals surface area contributed by atoms with E-state index >= 15 is 0 Å². The fourth-order valence-corrected chi connectivity index (χ4v) is 3.39. The van der Waals surface area contributed by atoms with Crippen molar-refractivity contribution in [2.75, 3.05) is 6.54 Å². The van der Waals surface area contributed by atoms with Gasteiger partial charge in [0.15, 0.2) is 0 Å². The maximum atomic E-state index is 13.0. The summed E-state index contributed by atoms with van der Waals surface area (Å²) >= 11 is 0. The predicted octanol–water partition coefficient (Wildman–Crippen LogP) is 3.14. The van der Waals surface area contributed by atoms with Gasteiger partial charge in [-0.15, -0.1) is 0 Å². The molecule has 0 aliphatic carbocycles. The molecule has 1 unspecified atom stereocenters. The molecule has 0 aliphatic heterocycles. The van der Waals surface area contributed by atoms with E-state index in [1.807, 2.05) is 13.8 Å². The average molecular weight is 351 g/mol. The quantitative estimate of drug-likeness (QED) is 0.840. The number of rotatable bonds is 6. The number of hydrogen-bond donors (Lipinski definition) is 2. The first-order chi connectivity index (χ1) is 11.1. The Bertz CT molecular complexity index is 782. The number of halogens is 1. The van der Waals surface area contributed by atoms with Crippen LogP contribution in [0.2, 0.25) is 0 Å². The first-order valence-corrected chi connectivity index (χ1v) is 9.18. The normalized spacial score (nSPS) is 14.6. The SMILES string of the molecule is CC(C)c1ccc(S(=O)(=O)NCC(C)(O)c2ccc(F)cc2)cc1. The fourth-order valence-electron chi connectivity index (χ4n) is 2.26. The molecule has 0 fully saturated rings. The van der Waals surface area contributed by atoms with Gasteiger partial charge in [0.1, 0.15) is 11.4 Å². The number of nitrogens with one attached hydrogen (secondary N) is 1. The van der Waals surface area contributed by atoms with Crippen molar-refractivity contribution in [1.29, 1.82) is 0 Å². The van der Waals surface area contributed by atoms with Crippen molar-refractivity contribution in [1.82, 2.24) is 4.72 Å². The van der Waals surface area contributed by atoms with Gasteiger partial charge in [-0.3, -0.25) is 0 Å². The molecule has 0 aliphatic rings. The van der Waals surface area contributed by atoms with Crippen LogP contribution < -0.4 is 4.72 Å². The second-order valence-electron chi connectivity index (χ2n) is 6.33. The lowest BCUT2D eigenvalue weighted by molar-refractivity contribution is 0.0627. The maximum absolute atomic E-state index is 13.0. The molecule has 4 nitrogen and oxygen atoms in total. The van der Waals surface area contributed by atoms with Gasteiger partial charge in [-0.05, 0) is 48.2 Å². The third-order valence-corrected chi connectivity index (χ3v) is 5.35. The summed E-state index contributed by atoms with van der Waals surface area (Å²) in [4.78, 5) is 0.141. The van der Waals surface area contributed by atoms with Crippen LogP contribution in [0.3, 0.4) is 0 Å². The van der Waals surface area contributed by atoms with E-state index in [-0.39, 0.29) is 11.4 Å². The lowest BCUT2D eigenvalue weighted by Gasteiger charge is -2.24. The van der Waals surface area contributed by atoms with Crippen molar-refractivity contribution in [2.45, 2.75) is 37.2 Å². The highest BCUT2D eigenvalue weighted by Gasteiger charge is 2.26. The molecule has 6 heteroatoms. The summed E-state index contributed by atoms with van der Waals surface area (Å²) in [5.74, 6) is -0.103. The van der Waals surface area contributed by atoms with E-state index in [2.05, 4.69) is 4.72 Å². The van der Waals surface area contributed by atoms with Crippen molar-refractivity contribution in [3.63, 3.8) is 0 Å². The Morgan fingerprint density at radius 2 is 1.62 bits per heavy atom. The minimum atomic E-state index is -3.74. The molecular weight excluding hydrogens is 329 g/mol. The fraction of sp³-hybridized carbons (Fsp3) is 0.333. The molecule has 0 heterocycles. The third-order valence-electron chi connectivity index (χ3n) is 3.93. The van der Waals surface area contributed by atoms with E-state index in [9.17, 15) is 17.9 Å².